The van der Waals surface area contributed by atoms with Crippen molar-refractivity contribution in [2.75, 3.05) is 12.4 Å². The zero-order chi connectivity index (χ0) is 8.85. The molecule has 0 spiro atoms. The fourth-order valence-electron chi connectivity index (χ4n) is 0.451. The SMILES string of the molecule is CC(CO)CSC(C)C(=N)N. The second-order valence-electron chi connectivity index (χ2n) is 2.72. The van der Waals surface area contributed by atoms with Gasteiger partial charge >= 0.3 is 0 Å². The van der Waals surface area contributed by atoms with Gasteiger partial charge in [0.1, 0.15) is 5.84 Å². The van der Waals surface area contributed by atoms with Crippen molar-refractivity contribution in [2.45, 2.75) is 19.1 Å². The lowest BCUT2D eigenvalue weighted by Crippen LogP contribution is -2.23. The number of rotatable bonds is 5. The first-order valence-corrected chi connectivity index (χ1v) is 4.69. The van der Waals surface area contributed by atoms with E-state index in [1.807, 2.05) is 13.8 Å². The second-order valence-corrected chi connectivity index (χ2v) is 4.09. The first-order valence-electron chi connectivity index (χ1n) is 3.64. The number of aliphatic hydroxyl groups is 1. The number of nitrogens with one attached hydrogen (secondary N) is 1. The summed E-state index contributed by atoms with van der Waals surface area (Å²) in [5.41, 5.74) is 5.26. The van der Waals surface area contributed by atoms with Gasteiger partial charge in [0.15, 0.2) is 0 Å². The monoisotopic (exact) mass is 176 g/mol. The summed E-state index contributed by atoms with van der Waals surface area (Å²) < 4.78 is 0. The summed E-state index contributed by atoms with van der Waals surface area (Å²) in [4.78, 5) is 0. The minimum Gasteiger partial charge on any atom is -0.396 e. The molecule has 2 atom stereocenters. The molecule has 0 aliphatic carbocycles. The lowest BCUT2D eigenvalue weighted by molar-refractivity contribution is 0.250. The van der Waals surface area contributed by atoms with Crippen LogP contribution in [0, 0.1) is 11.3 Å². The van der Waals surface area contributed by atoms with Gasteiger partial charge in [-0.25, -0.2) is 0 Å². The highest BCUT2D eigenvalue weighted by molar-refractivity contribution is 8.00. The van der Waals surface area contributed by atoms with Crippen LogP contribution in [0.5, 0.6) is 0 Å². The first-order chi connectivity index (χ1) is 5.07. The molecule has 0 aliphatic heterocycles. The quantitative estimate of drug-likeness (QED) is 0.426. The zero-order valence-electron chi connectivity index (χ0n) is 7.00. The maximum absolute atomic E-state index is 8.69. The van der Waals surface area contributed by atoms with Gasteiger partial charge in [-0.05, 0) is 18.6 Å². The van der Waals surface area contributed by atoms with Crippen molar-refractivity contribution in [3.05, 3.63) is 0 Å². The molecule has 0 aliphatic rings. The summed E-state index contributed by atoms with van der Waals surface area (Å²) in [6.07, 6.45) is 0. The number of thioether (sulfide) groups is 1. The van der Waals surface area contributed by atoms with E-state index in [2.05, 4.69) is 0 Å². The molecule has 0 fully saturated rings. The number of hydrogen-bond acceptors (Lipinski definition) is 3. The molecule has 11 heavy (non-hydrogen) atoms. The van der Waals surface area contributed by atoms with Crippen LogP contribution in [0.3, 0.4) is 0 Å². The van der Waals surface area contributed by atoms with E-state index in [1.54, 1.807) is 11.8 Å². The van der Waals surface area contributed by atoms with E-state index in [9.17, 15) is 0 Å². The van der Waals surface area contributed by atoms with Crippen LogP contribution in [-0.2, 0) is 0 Å². The minimum absolute atomic E-state index is 0.0731. The normalized spacial score (nSPS) is 15.9. The van der Waals surface area contributed by atoms with E-state index < -0.39 is 0 Å². The average molecular weight is 176 g/mol. The fraction of sp³-hybridized carbons (Fsp3) is 0.857. The van der Waals surface area contributed by atoms with Gasteiger partial charge in [0, 0.05) is 6.61 Å². The van der Waals surface area contributed by atoms with Crippen molar-refractivity contribution < 1.29 is 5.11 Å². The topological polar surface area (TPSA) is 70.1 Å². The van der Waals surface area contributed by atoms with Crippen molar-refractivity contribution in [3.63, 3.8) is 0 Å². The van der Waals surface area contributed by atoms with Crippen molar-refractivity contribution >= 4 is 17.6 Å². The van der Waals surface area contributed by atoms with Crippen molar-refractivity contribution in [1.82, 2.24) is 0 Å². The Labute approximate surface area is 71.9 Å². The van der Waals surface area contributed by atoms with E-state index in [1.165, 1.54) is 0 Å². The van der Waals surface area contributed by atoms with E-state index in [0.717, 1.165) is 5.75 Å². The molecule has 4 heteroatoms. The first kappa shape index (κ1) is 10.8. The van der Waals surface area contributed by atoms with Crippen molar-refractivity contribution in [1.29, 1.82) is 5.41 Å². The molecule has 0 amide bonds. The molecule has 0 bridgehead atoms. The molecule has 3 nitrogen and oxygen atoms in total. The predicted octanol–water partition coefficient (Wildman–Crippen LogP) is 0.672. The summed E-state index contributed by atoms with van der Waals surface area (Å²) in [6.45, 7) is 4.08. The highest BCUT2D eigenvalue weighted by Crippen LogP contribution is 2.13. The molecule has 0 saturated carbocycles. The largest absolute Gasteiger partial charge is 0.396 e. The van der Waals surface area contributed by atoms with Crippen LogP contribution in [0.2, 0.25) is 0 Å². The highest BCUT2D eigenvalue weighted by atomic mass is 32.2. The van der Waals surface area contributed by atoms with Gasteiger partial charge in [0.2, 0.25) is 0 Å². The van der Waals surface area contributed by atoms with Crippen LogP contribution in [0.25, 0.3) is 0 Å². The van der Waals surface area contributed by atoms with Gasteiger partial charge in [-0.2, -0.15) is 11.8 Å². The molecule has 0 aromatic heterocycles. The maximum atomic E-state index is 8.69. The van der Waals surface area contributed by atoms with Crippen LogP contribution in [0.15, 0.2) is 0 Å². The van der Waals surface area contributed by atoms with Gasteiger partial charge in [0.05, 0.1) is 5.25 Å². The molecular weight excluding hydrogens is 160 g/mol. The number of nitrogens with two attached hydrogens (primary N) is 1. The summed E-state index contributed by atoms with van der Waals surface area (Å²) in [6, 6.07) is 0. The Bertz CT molecular complexity index is 130. The maximum Gasteiger partial charge on any atom is 0.104 e. The number of hydrogen-bond donors (Lipinski definition) is 3. The van der Waals surface area contributed by atoms with Gasteiger partial charge in [-0.1, -0.05) is 6.92 Å². The minimum atomic E-state index is 0.0731. The van der Waals surface area contributed by atoms with Gasteiger partial charge in [-0.3, -0.25) is 5.41 Å². The van der Waals surface area contributed by atoms with E-state index >= 15 is 0 Å². The van der Waals surface area contributed by atoms with Crippen LogP contribution in [0.4, 0.5) is 0 Å². The Morgan fingerprint density at radius 3 is 2.55 bits per heavy atom. The summed E-state index contributed by atoms with van der Waals surface area (Å²) in [5.74, 6) is 1.36. The van der Waals surface area contributed by atoms with Crippen LogP contribution in [-0.4, -0.2) is 28.6 Å². The smallest absolute Gasteiger partial charge is 0.104 e. The molecule has 0 heterocycles. The summed E-state index contributed by atoms with van der Waals surface area (Å²) in [7, 11) is 0. The predicted molar refractivity (Wildman–Crippen MR) is 50.1 cm³/mol. The Kier molecular flexibility index (Phi) is 5.32. The Morgan fingerprint density at radius 1 is 1.64 bits per heavy atom. The van der Waals surface area contributed by atoms with Gasteiger partial charge < -0.3 is 10.8 Å². The van der Waals surface area contributed by atoms with Crippen LogP contribution < -0.4 is 5.73 Å². The zero-order valence-corrected chi connectivity index (χ0v) is 7.82. The summed E-state index contributed by atoms with van der Waals surface area (Å²) in [5, 5.41) is 15.9. The second kappa shape index (κ2) is 5.43. The third-order valence-electron chi connectivity index (χ3n) is 1.38. The van der Waals surface area contributed by atoms with E-state index in [4.69, 9.17) is 16.2 Å². The molecule has 66 valence electrons. The Morgan fingerprint density at radius 2 is 2.18 bits per heavy atom. The fourth-order valence-corrected chi connectivity index (χ4v) is 1.35. The average Bonchev–Trinajstić information content (AvgIpc) is 1.99. The standard InChI is InChI=1S/C7H16N2OS/c1-5(3-10)4-11-6(2)7(8)9/h5-6,10H,3-4H2,1-2H3,(H3,8,9). The van der Waals surface area contributed by atoms with Crippen LogP contribution >= 0.6 is 11.8 Å². The third kappa shape index (κ3) is 5.09. The Hall–Kier alpha value is -0.220. The van der Waals surface area contributed by atoms with E-state index in [0.29, 0.717) is 5.92 Å². The molecular formula is C7H16N2OS. The Balaban J connectivity index is 3.45. The highest BCUT2D eigenvalue weighted by Gasteiger charge is 2.07. The van der Waals surface area contributed by atoms with Gasteiger partial charge in [-0.15, -0.1) is 0 Å². The van der Waals surface area contributed by atoms with Crippen LogP contribution in [0.1, 0.15) is 13.8 Å². The lowest BCUT2D eigenvalue weighted by atomic mass is 10.2. The molecule has 2 unspecified atom stereocenters. The van der Waals surface area contributed by atoms with Crippen molar-refractivity contribution in [3.8, 4) is 0 Å². The third-order valence-corrected chi connectivity index (χ3v) is 2.90. The summed E-state index contributed by atoms with van der Waals surface area (Å²) >= 11 is 1.61. The molecule has 0 radical (unpaired) electrons. The molecule has 0 aromatic rings. The molecule has 4 N–H and O–H groups in total. The van der Waals surface area contributed by atoms with E-state index in [-0.39, 0.29) is 17.7 Å². The number of aliphatic hydroxyl groups excluding tert-OH is 1. The number of amidine groups is 1. The molecule has 0 rings (SSSR count). The molecule has 0 aromatic carbocycles. The van der Waals surface area contributed by atoms with Gasteiger partial charge in [0.25, 0.3) is 0 Å². The lowest BCUT2D eigenvalue weighted by Gasteiger charge is -2.11. The molecule has 0 saturated heterocycles. The van der Waals surface area contributed by atoms with Crippen molar-refractivity contribution in [2.24, 2.45) is 11.7 Å².